The average molecular weight is 287 g/mol. The molecule has 0 saturated heterocycles. The van der Waals surface area contributed by atoms with Crippen molar-refractivity contribution in [1.29, 1.82) is 0 Å². The van der Waals surface area contributed by atoms with E-state index in [0.29, 0.717) is 30.3 Å². The Labute approximate surface area is 104 Å². The highest BCUT2D eigenvalue weighted by Crippen LogP contribution is 2.39. The van der Waals surface area contributed by atoms with E-state index in [1.54, 1.807) is 6.07 Å². The van der Waals surface area contributed by atoms with E-state index < -0.39 is 0 Å². The van der Waals surface area contributed by atoms with Crippen LogP contribution >= 0.6 is 15.9 Å². The first kappa shape index (κ1) is 13.0. The van der Waals surface area contributed by atoms with E-state index in [1.165, 1.54) is 0 Å². The molecule has 0 radical (unpaired) electrons. The van der Waals surface area contributed by atoms with Gasteiger partial charge in [-0.05, 0) is 42.8 Å². The van der Waals surface area contributed by atoms with Gasteiger partial charge in [0.05, 0.1) is 13.2 Å². The average Bonchev–Trinajstić information content (AvgIpc) is 2.28. The molecule has 0 aliphatic heterocycles. The Hall–Kier alpha value is -1.03. The van der Waals surface area contributed by atoms with E-state index in [-0.39, 0.29) is 0 Å². The van der Waals surface area contributed by atoms with E-state index in [2.05, 4.69) is 15.9 Å². The molecular weight excluding hydrogens is 272 g/mol. The van der Waals surface area contributed by atoms with Gasteiger partial charge in [0.2, 0.25) is 0 Å². The molecular formula is C12H15BrO3. The topological polar surface area (TPSA) is 35.5 Å². The highest BCUT2D eigenvalue weighted by molar-refractivity contribution is 9.10. The molecule has 0 aliphatic carbocycles. The van der Waals surface area contributed by atoms with Crippen molar-refractivity contribution in [3.8, 4) is 11.5 Å². The second kappa shape index (κ2) is 5.89. The monoisotopic (exact) mass is 286 g/mol. The number of hydrogen-bond acceptors (Lipinski definition) is 3. The zero-order chi connectivity index (χ0) is 12.1. The van der Waals surface area contributed by atoms with Crippen LogP contribution in [0.1, 0.15) is 29.8 Å². The van der Waals surface area contributed by atoms with Gasteiger partial charge < -0.3 is 9.47 Å². The summed E-state index contributed by atoms with van der Waals surface area (Å²) in [6.07, 6.45) is 0.812. The normalized spacial score (nSPS) is 10.0. The van der Waals surface area contributed by atoms with Crippen LogP contribution < -0.4 is 9.47 Å². The lowest BCUT2D eigenvalue weighted by Crippen LogP contribution is -2.01. The molecule has 0 aliphatic rings. The van der Waals surface area contributed by atoms with Gasteiger partial charge in [0, 0.05) is 11.1 Å². The second-order valence-electron chi connectivity index (χ2n) is 3.22. The summed E-state index contributed by atoms with van der Waals surface area (Å²) in [5.74, 6) is 1.31. The summed E-state index contributed by atoms with van der Waals surface area (Å²) >= 11 is 3.43. The molecule has 1 aromatic carbocycles. The number of carbonyl (C=O) groups is 1. The van der Waals surface area contributed by atoms with Gasteiger partial charge in [-0.3, -0.25) is 4.79 Å². The van der Waals surface area contributed by atoms with Gasteiger partial charge in [-0.25, -0.2) is 0 Å². The summed E-state index contributed by atoms with van der Waals surface area (Å²) in [6, 6.07) is 1.72. The number of rotatable bonds is 5. The smallest absolute Gasteiger partial charge is 0.150 e. The van der Waals surface area contributed by atoms with Gasteiger partial charge in [-0.2, -0.15) is 0 Å². The van der Waals surface area contributed by atoms with Crippen LogP contribution in [0.15, 0.2) is 10.5 Å². The van der Waals surface area contributed by atoms with Crippen molar-refractivity contribution >= 4 is 22.2 Å². The number of carbonyl (C=O) groups excluding carboxylic acids is 1. The van der Waals surface area contributed by atoms with E-state index in [4.69, 9.17) is 9.47 Å². The quantitative estimate of drug-likeness (QED) is 0.779. The first-order valence-corrected chi connectivity index (χ1v) is 5.98. The summed E-state index contributed by atoms with van der Waals surface area (Å²) in [6.45, 7) is 6.75. The highest BCUT2D eigenvalue weighted by atomic mass is 79.9. The SMILES string of the molecule is CCOc1cc(C=O)c(C)c(OCC)c1Br. The molecule has 0 atom stereocenters. The van der Waals surface area contributed by atoms with Gasteiger partial charge in [0.1, 0.15) is 16.0 Å². The van der Waals surface area contributed by atoms with Crippen molar-refractivity contribution in [3.05, 3.63) is 21.7 Å². The molecule has 0 heterocycles. The third-order valence-corrected chi connectivity index (χ3v) is 2.94. The summed E-state index contributed by atoms with van der Waals surface area (Å²) in [5, 5.41) is 0. The second-order valence-corrected chi connectivity index (χ2v) is 4.01. The Morgan fingerprint density at radius 2 is 1.94 bits per heavy atom. The molecule has 0 unspecified atom stereocenters. The number of benzene rings is 1. The van der Waals surface area contributed by atoms with Crippen LogP contribution in [0.3, 0.4) is 0 Å². The molecule has 1 rings (SSSR count). The minimum Gasteiger partial charge on any atom is -0.493 e. The Balaban J connectivity index is 3.32. The predicted molar refractivity (Wildman–Crippen MR) is 66.6 cm³/mol. The van der Waals surface area contributed by atoms with E-state index in [9.17, 15) is 4.79 Å². The van der Waals surface area contributed by atoms with Gasteiger partial charge in [0.25, 0.3) is 0 Å². The van der Waals surface area contributed by atoms with Crippen LogP contribution in [-0.4, -0.2) is 19.5 Å². The van der Waals surface area contributed by atoms with Crippen LogP contribution in [0.2, 0.25) is 0 Å². The number of halogens is 1. The predicted octanol–water partition coefficient (Wildman–Crippen LogP) is 3.37. The molecule has 16 heavy (non-hydrogen) atoms. The third-order valence-electron chi connectivity index (χ3n) is 2.19. The minimum atomic E-state index is 0.547. The summed E-state index contributed by atoms with van der Waals surface area (Å²) in [5.41, 5.74) is 1.42. The van der Waals surface area contributed by atoms with Crippen LogP contribution in [0, 0.1) is 6.92 Å². The standard InChI is InChI=1S/C12H15BrO3/c1-4-15-10-6-9(7-14)8(3)12(11(10)13)16-5-2/h6-7H,4-5H2,1-3H3. The lowest BCUT2D eigenvalue weighted by atomic mass is 10.1. The molecule has 3 nitrogen and oxygen atoms in total. The molecule has 1 aromatic rings. The number of aldehydes is 1. The third kappa shape index (κ3) is 2.55. The lowest BCUT2D eigenvalue weighted by Gasteiger charge is -2.15. The first-order valence-electron chi connectivity index (χ1n) is 5.19. The van der Waals surface area contributed by atoms with Crippen molar-refractivity contribution in [2.24, 2.45) is 0 Å². The molecule has 0 N–H and O–H groups in total. The largest absolute Gasteiger partial charge is 0.493 e. The molecule has 0 spiro atoms. The molecule has 0 saturated carbocycles. The fourth-order valence-corrected chi connectivity index (χ4v) is 2.06. The van der Waals surface area contributed by atoms with Crippen molar-refractivity contribution < 1.29 is 14.3 Å². The fraction of sp³-hybridized carbons (Fsp3) is 0.417. The molecule has 0 bridgehead atoms. The van der Waals surface area contributed by atoms with Crippen LogP contribution in [-0.2, 0) is 0 Å². The maximum Gasteiger partial charge on any atom is 0.150 e. The van der Waals surface area contributed by atoms with Gasteiger partial charge >= 0.3 is 0 Å². The van der Waals surface area contributed by atoms with Crippen molar-refractivity contribution in [1.82, 2.24) is 0 Å². The van der Waals surface area contributed by atoms with Gasteiger partial charge in [0.15, 0.2) is 6.29 Å². The summed E-state index contributed by atoms with van der Waals surface area (Å²) in [7, 11) is 0. The summed E-state index contributed by atoms with van der Waals surface area (Å²) < 4.78 is 11.7. The molecule has 0 aromatic heterocycles. The maximum absolute atomic E-state index is 10.9. The van der Waals surface area contributed by atoms with Gasteiger partial charge in [-0.1, -0.05) is 0 Å². The van der Waals surface area contributed by atoms with Crippen molar-refractivity contribution in [2.45, 2.75) is 20.8 Å². The molecule has 4 heteroatoms. The summed E-state index contributed by atoms with van der Waals surface area (Å²) in [4.78, 5) is 10.9. The number of hydrogen-bond donors (Lipinski definition) is 0. The van der Waals surface area contributed by atoms with Crippen molar-refractivity contribution in [2.75, 3.05) is 13.2 Å². The fourth-order valence-electron chi connectivity index (χ4n) is 1.42. The minimum absolute atomic E-state index is 0.547. The van der Waals surface area contributed by atoms with Crippen LogP contribution in [0.5, 0.6) is 11.5 Å². The van der Waals surface area contributed by atoms with Crippen LogP contribution in [0.4, 0.5) is 0 Å². The Bertz CT molecular complexity index is 388. The van der Waals surface area contributed by atoms with E-state index >= 15 is 0 Å². The number of ether oxygens (including phenoxy) is 2. The Kier molecular flexibility index (Phi) is 4.80. The zero-order valence-corrected chi connectivity index (χ0v) is 11.3. The van der Waals surface area contributed by atoms with Gasteiger partial charge in [-0.15, -0.1) is 0 Å². The highest BCUT2D eigenvalue weighted by Gasteiger charge is 2.15. The Morgan fingerprint density at radius 1 is 1.31 bits per heavy atom. The van der Waals surface area contributed by atoms with Crippen LogP contribution in [0.25, 0.3) is 0 Å². The first-order chi connectivity index (χ1) is 7.65. The van der Waals surface area contributed by atoms with Crippen molar-refractivity contribution in [3.63, 3.8) is 0 Å². The zero-order valence-electron chi connectivity index (χ0n) is 9.67. The lowest BCUT2D eigenvalue weighted by molar-refractivity contribution is 0.112. The molecule has 0 fully saturated rings. The van der Waals surface area contributed by atoms with E-state index in [0.717, 1.165) is 16.3 Å². The molecule has 0 amide bonds. The van der Waals surface area contributed by atoms with E-state index in [1.807, 2.05) is 20.8 Å². The molecule has 88 valence electrons. The maximum atomic E-state index is 10.9. The Morgan fingerprint density at radius 3 is 2.44 bits per heavy atom.